The summed E-state index contributed by atoms with van der Waals surface area (Å²) in [5.41, 5.74) is 9.09. The predicted octanol–water partition coefficient (Wildman–Crippen LogP) is 5.70. The van der Waals surface area contributed by atoms with Gasteiger partial charge in [-0.3, -0.25) is 4.79 Å². The van der Waals surface area contributed by atoms with Crippen LogP contribution in [0.1, 0.15) is 41.2 Å². The number of carbonyl (C=O) groups excluding carboxylic acids is 1. The van der Waals surface area contributed by atoms with E-state index in [0.29, 0.717) is 22.8 Å². The number of rotatable bonds is 4. The van der Waals surface area contributed by atoms with E-state index in [2.05, 4.69) is 24.1 Å². The summed E-state index contributed by atoms with van der Waals surface area (Å²) in [6, 6.07) is 12.7. The van der Waals surface area contributed by atoms with E-state index in [4.69, 9.17) is 17.3 Å². The molecule has 0 atom stereocenters. The lowest BCUT2D eigenvalue weighted by Crippen LogP contribution is -2.22. The van der Waals surface area contributed by atoms with Crippen LogP contribution in [0.3, 0.4) is 0 Å². The monoisotopic (exact) mass is 401 g/mol. The summed E-state index contributed by atoms with van der Waals surface area (Å²) in [6.07, 6.45) is 3.05. The Bertz CT molecular complexity index is 891. The van der Waals surface area contributed by atoms with E-state index < -0.39 is 0 Å². The molecule has 0 saturated carbocycles. The van der Waals surface area contributed by atoms with E-state index in [1.165, 1.54) is 6.42 Å². The summed E-state index contributed by atoms with van der Waals surface area (Å²) < 4.78 is 0. The van der Waals surface area contributed by atoms with Gasteiger partial charge in [0.2, 0.25) is 0 Å². The smallest absolute Gasteiger partial charge is 0.251 e. The van der Waals surface area contributed by atoms with Gasteiger partial charge in [-0.2, -0.15) is 0 Å². The number of nitrogens with two attached hydrogens (primary N) is 1. The van der Waals surface area contributed by atoms with Crippen LogP contribution in [0.4, 0.5) is 5.69 Å². The molecular weight excluding hydrogens is 378 g/mol. The first-order valence-electron chi connectivity index (χ1n) is 8.79. The van der Waals surface area contributed by atoms with E-state index in [9.17, 15) is 4.79 Å². The van der Waals surface area contributed by atoms with Crippen LogP contribution < -0.4 is 11.1 Å². The number of benzene rings is 2. The van der Waals surface area contributed by atoms with E-state index in [-0.39, 0.29) is 5.91 Å². The average Bonchev–Trinajstić information content (AvgIpc) is 3.07. The maximum Gasteiger partial charge on any atom is 0.251 e. The fraction of sp³-hybridized carbons (Fsp3) is 0.238. The first kappa shape index (κ1) is 20.9. The van der Waals surface area contributed by atoms with Crippen molar-refractivity contribution in [1.29, 1.82) is 0 Å². The van der Waals surface area contributed by atoms with Gasteiger partial charge < -0.3 is 11.1 Å². The van der Waals surface area contributed by atoms with Gasteiger partial charge in [-0.05, 0) is 36.8 Å². The molecule has 4 nitrogen and oxygen atoms in total. The van der Waals surface area contributed by atoms with Gasteiger partial charge in [0.15, 0.2) is 0 Å². The molecule has 142 valence electrons. The number of aromatic nitrogens is 1. The largest absolute Gasteiger partial charge is 0.398 e. The van der Waals surface area contributed by atoms with Crippen molar-refractivity contribution >= 4 is 34.5 Å². The fourth-order valence-electron chi connectivity index (χ4n) is 2.30. The normalized spacial score (nSPS) is 10.1. The van der Waals surface area contributed by atoms with Gasteiger partial charge in [0.25, 0.3) is 5.91 Å². The molecule has 0 aliphatic heterocycles. The van der Waals surface area contributed by atoms with Crippen molar-refractivity contribution in [2.75, 3.05) is 5.73 Å². The van der Waals surface area contributed by atoms with Gasteiger partial charge >= 0.3 is 0 Å². The number of thiazole rings is 1. The van der Waals surface area contributed by atoms with Gasteiger partial charge in [0.05, 0.1) is 9.88 Å². The van der Waals surface area contributed by atoms with Crippen LogP contribution in [0.25, 0.3) is 10.4 Å². The molecule has 0 aliphatic rings. The summed E-state index contributed by atoms with van der Waals surface area (Å²) in [5, 5.41) is 4.53. The van der Waals surface area contributed by atoms with Crippen molar-refractivity contribution in [2.45, 2.75) is 33.7 Å². The predicted molar refractivity (Wildman–Crippen MR) is 115 cm³/mol. The number of hydrogen-bond acceptors (Lipinski definition) is 4. The Kier molecular flexibility index (Phi) is 7.82. The number of nitrogens with one attached hydrogen (secondary N) is 1. The van der Waals surface area contributed by atoms with Crippen molar-refractivity contribution in [3.8, 4) is 10.4 Å². The lowest BCUT2D eigenvalue weighted by molar-refractivity contribution is 0.0951. The highest BCUT2D eigenvalue weighted by molar-refractivity contribution is 7.15. The van der Waals surface area contributed by atoms with Gasteiger partial charge in [0, 0.05) is 34.6 Å². The van der Waals surface area contributed by atoms with Crippen LogP contribution in [0.15, 0.2) is 48.7 Å². The zero-order chi connectivity index (χ0) is 19.8. The van der Waals surface area contributed by atoms with Gasteiger partial charge in [-0.25, -0.2) is 4.98 Å². The third-order valence-electron chi connectivity index (χ3n) is 3.57. The van der Waals surface area contributed by atoms with E-state index >= 15 is 0 Å². The summed E-state index contributed by atoms with van der Waals surface area (Å²) in [4.78, 5) is 17.5. The second kappa shape index (κ2) is 10.1. The third-order valence-corrected chi connectivity index (χ3v) is 4.76. The van der Waals surface area contributed by atoms with E-state index in [1.807, 2.05) is 25.1 Å². The van der Waals surface area contributed by atoms with Crippen LogP contribution in [-0.4, -0.2) is 10.9 Å². The molecule has 3 rings (SSSR count). The molecule has 3 aromatic rings. The maximum absolute atomic E-state index is 12.3. The van der Waals surface area contributed by atoms with Crippen LogP contribution >= 0.6 is 22.9 Å². The fourth-order valence-corrected chi connectivity index (χ4v) is 3.25. The second-order valence-corrected chi connectivity index (χ2v) is 7.73. The quantitative estimate of drug-likeness (QED) is 0.551. The highest BCUT2D eigenvalue weighted by atomic mass is 35.5. The first-order valence-corrected chi connectivity index (χ1v) is 9.99. The number of anilines is 1. The van der Waals surface area contributed by atoms with Crippen LogP contribution in [-0.2, 0) is 6.54 Å². The van der Waals surface area contributed by atoms with Crippen LogP contribution in [0.2, 0.25) is 5.02 Å². The molecule has 0 aliphatic carbocycles. The Morgan fingerprint density at radius 3 is 2.41 bits per heavy atom. The topological polar surface area (TPSA) is 68.0 Å². The summed E-state index contributed by atoms with van der Waals surface area (Å²) in [6.45, 7) is 6.63. The number of hydrogen-bond donors (Lipinski definition) is 2. The van der Waals surface area contributed by atoms with Gasteiger partial charge in [-0.15, -0.1) is 11.3 Å². The Labute approximate surface area is 169 Å². The Morgan fingerprint density at radius 1 is 1.19 bits per heavy atom. The van der Waals surface area contributed by atoms with Crippen molar-refractivity contribution in [2.24, 2.45) is 0 Å². The van der Waals surface area contributed by atoms with Crippen molar-refractivity contribution < 1.29 is 4.79 Å². The SMILES string of the molecule is CCC.Cc1ncc(-c2ccc(C(=O)NCc3ccc(Cl)cc3)cc2N)s1. The average molecular weight is 402 g/mol. The molecule has 0 fully saturated rings. The van der Waals surface area contributed by atoms with Crippen LogP contribution in [0, 0.1) is 6.92 Å². The van der Waals surface area contributed by atoms with Gasteiger partial charge in [-0.1, -0.05) is 50.1 Å². The maximum atomic E-state index is 12.3. The van der Waals surface area contributed by atoms with Crippen molar-refractivity contribution in [3.05, 3.63) is 69.8 Å². The standard InChI is InChI=1S/C18H16ClN3OS.C3H8/c1-11-21-10-17(24-11)15-7-4-13(8-16(15)20)18(23)22-9-12-2-5-14(19)6-3-12;1-3-2/h2-8,10H,9,20H2,1H3,(H,22,23);3H2,1-2H3. The third kappa shape index (κ3) is 6.08. The number of aryl methyl sites for hydroxylation is 1. The van der Waals surface area contributed by atoms with Gasteiger partial charge in [0.1, 0.15) is 0 Å². The Balaban J connectivity index is 0.000000817. The van der Waals surface area contributed by atoms with E-state index in [0.717, 1.165) is 21.0 Å². The minimum Gasteiger partial charge on any atom is -0.398 e. The number of nitrogens with zero attached hydrogens (tertiary/aromatic N) is 1. The zero-order valence-corrected chi connectivity index (χ0v) is 17.3. The summed E-state index contributed by atoms with van der Waals surface area (Å²) >= 11 is 7.43. The highest BCUT2D eigenvalue weighted by Crippen LogP contribution is 2.31. The number of halogens is 1. The molecule has 0 saturated heterocycles. The number of nitrogen functional groups attached to an aromatic ring is 1. The zero-order valence-electron chi connectivity index (χ0n) is 15.8. The molecule has 1 amide bonds. The molecule has 0 spiro atoms. The molecule has 1 heterocycles. The van der Waals surface area contributed by atoms with Crippen LogP contribution in [0.5, 0.6) is 0 Å². The molecule has 0 unspecified atom stereocenters. The van der Waals surface area contributed by atoms with Crippen molar-refractivity contribution in [3.63, 3.8) is 0 Å². The summed E-state index contributed by atoms with van der Waals surface area (Å²) in [7, 11) is 0. The molecular formula is C21H24ClN3OS. The Morgan fingerprint density at radius 2 is 1.85 bits per heavy atom. The molecule has 1 aromatic heterocycles. The summed E-state index contributed by atoms with van der Waals surface area (Å²) in [5.74, 6) is -0.163. The minimum atomic E-state index is -0.163. The van der Waals surface area contributed by atoms with Crippen molar-refractivity contribution in [1.82, 2.24) is 10.3 Å². The lowest BCUT2D eigenvalue weighted by Gasteiger charge is -2.08. The minimum absolute atomic E-state index is 0.163. The Hall–Kier alpha value is -2.37. The molecule has 3 N–H and O–H groups in total. The molecule has 27 heavy (non-hydrogen) atoms. The highest BCUT2D eigenvalue weighted by Gasteiger charge is 2.11. The molecule has 0 bridgehead atoms. The van der Waals surface area contributed by atoms with E-state index in [1.54, 1.807) is 41.8 Å². The molecule has 0 radical (unpaired) electrons. The number of carbonyl (C=O) groups is 1. The molecule has 6 heteroatoms. The molecule has 2 aromatic carbocycles. The lowest BCUT2D eigenvalue weighted by atomic mass is 10.1. The first-order chi connectivity index (χ1) is 12.9. The number of amides is 1. The second-order valence-electron chi connectivity index (χ2n) is 6.06.